The normalized spacial score (nSPS) is 20.8. The number of aliphatic hydroxyl groups is 1. The zero-order valence-corrected chi connectivity index (χ0v) is 15.2. The molecule has 0 saturated carbocycles. The Morgan fingerprint density at radius 1 is 1.12 bits per heavy atom. The molecule has 1 aliphatic heterocycles. The van der Waals surface area contributed by atoms with Crippen LogP contribution in [0.25, 0.3) is 5.57 Å². The van der Waals surface area contributed by atoms with Crippen LogP contribution in [0.1, 0.15) is 44.2 Å². The van der Waals surface area contributed by atoms with Crippen molar-refractivity contribution in [1.82, 2.24) is 0 Å². The molecule has 0 spiro atoms. The maximum atomic E-state index is 13.0. The van der Waals surface area contributed by atoms with Gasteiger partial charge in [-0.15, -0.1) is 0 Å². The molecule has 0 aromatic heterocycles. The molecule has 0 radical (unpaired) electrons. The smallest absolute Gasteiger partial charge is 0.343 e. The Kier molecular flexibility index (Phi) is 5.27. The summed E-state index contributed by atoms with van der Waals surface area (Å²) >= 11 is 0. The Hall–Kier alpha value is -2.81. The highest BCUT2D eigenvalue weighted by atomic mass is 16.6. The summed E-state index contributed by atoms with van der Waals surface area (Å²) in [6.07, 6.45) is 3.64. The highest BCUT2D eigenvalue weighted by molar-refractivity contribution is 6.07. The van der Waals surface area contributed by atoms with Crippen LogP contribution in [0.5, 0.6) is 0 Å². The van der Waals surface area contributed by atoms with Crippen molar-refractivity contribution >= 4 is 11.5 Å². The monoisotopic (exact) mass is 348 g/mol. The number of allylic oxidation sites excluding steroid dienone is 1. The predicted octanol–water partition coefficient (Wildman–Crippen LogP) is 5.54. The number of carbonyl (C=O) groups is 1. The van der Waals surface area contributed by atoms with Gasteiger partial charge in [0.25, 0.3) is 0 Å². The van der Waals surface area contributed by atoms with Crippen LogP contribution in [0.2, 0.25) is 0 Å². The van der Waals surface area contributed by atoms with Gasteiger partial charge in [-0.25, -0.2) is 4.79 Å². The molecule has 2 aromatic rings. The lowest BCUT2D eigenvalue weighted by molar-refractivity contribution is -0.160. The van der Waals surface area contributed by atoms with E-state index in [0.717, 1.165) is 17.5 Å². The Labute approximate surface area is 154 Å². The SMILES string of the molecule is CC=C(C1=C(O)CC(CCC)(c2ccccc2)OC1=O)c1ccccc1. The minimum Gasteiger partial charge on any atom is -0.511 e. The summed E-state index contributed by atoms with van der Waals surface area (Å²) in [7, 11) is 0. The molecule has 3 rings (SSSR count). The minimum atomic E-state index is -0.809. The second kappa shape index (κ2) is 7.61. The molecule has 1 unspecified atom stereocenters. The number of cyclic esters (lactones) is 1. The molecule has 0 fully saturated rings. The van der Waals surface area contributed by atoms with Crippen molar-refractivity contribution in [3.8, 4) is 0 Å². The quantitative estimate of drug-likeness (QED) is 0.721. The number of carbonyl (C=O) groups excluding carboxylic acids is 1. The van der Waals surface area contributed by atoms with Gasteiger partial charge in [0.05, 0.1) is 6.42 Å². The summed E-state index contributed by atoms with van der Waals surface area (Å²) in [5, 5.41) is 10.9. The van der Waals surface area contributed by atoms with Crippen LogP contribution in [-0.2, 0) is 15.1 Å². The molecule has 2 aromatic carbocycles. The van der Waals surface area contributed by atoms with Crippen LogP contribution in [0, 0.1) is 0 Å². The average Bonchev–Trinajstić information content (AvgIpc) is 2.66. The number of hydrogen-bond acceptors (Lipinski definition) is 3. The Morgan fingerprint density at radius 3 is 2.27 bits per heavy atom. The van der Waals surface area contributed by atoms with Gasteiger partial charge in [-0.3, -0.25) is 0 Å². The van der Waals surface area contributed by atoms with E-state index in [9.17, 15) is 9.90 Å². The molecule has 26 heavy (non-hydrogen) atoms. The van der Waals surface area contributed by atoms with Crippen LogP contribution in [0.15, 0.2) is 78.1 Å². The third-order valence-corrected chi connectivity index (χ3v) is 4.83. The van der Waals surface area contributed by atoms with Gasteiger partial charge in [0.2, 0.25) is 0 Å². The molecule has 3 nitrogen and oxygen atoms in total. The summed E-state index contributed by atoms with van der Waals surface area (Å²) in [6, 6.07) is 19.3. The largest absolute Gasteiger partial charge is 0.511 e. The van der Waals surface area contributed by atoms with Crippen LogP contribution < -0.4 is 0 Å². The maximum absolute atomic E-state index is 13.0. The zero-order chi connectivity index (χ0) is 18.6. The lowest BCUT2D eigenvalue weighted by atomic mass is 9.81. The van der Waals surface area contributed by atoms with E-state index in [1.54, 1.807) is 0 Å². The van der Waals surface area contributed by atoms with Gasteiger partial charge in [0, 0.05) is 0 Å². The average molecular weight is 348 g/mol. The lowest BCUT2D eigenvalue weighted by Crippen LogP contribution is -2.38. The van der Waals surface area contributed by atoms with Gasteiger partial charge in [-0.05, 0) is 30.0 Å². The summed E-state index contributed by atoms with van der Waals surface area (Å²) in [4.78, 5) is 13.0. The van der Waals surface area contributed by atoms with Gasteiger partial charge in [-0.1, -0.05) is 80.1 Å². The number of rotatable bonds is 5. The van der Waals surface area contributed by atoms with Crippen molar-refractivity contribution in [2.75, 3.05) is 0 Å². The van der Waals surface area contributed by atoms with E-state index in [1.807, 2.05) is 73.7 Å². The minimum absolute atomic E-state index is 0.0931. The predicted molar refractivity (Wildman–Crippen MR) is 103 cm³/mol. The van der Waals surface area contributed by atoms with Crippen LogP contribution in [0.4, 0.5) is 0 Å². The molecule has 1 N–H and O–H groups in total. The molecule has 0 aliphatic carbocycles. The fraction of sp³-hybridized carbons (Fsp3) is 0.261. The molecule has 1 aliphatic rings. The topological polar surface area (TPSA) is 46.5 Å². The number of aliphatic hydroxyl groups excluding tert-OH is 1. The standard InChI is InChI=1S/C23H24O3/c1-3-15-23(18-13-9-6-10-14-18)16-20(24)21(22(25)26-23)19(4-2)17-11-7-5-8-12-17/h4-14,24H,3,15-16H2,1-2H3. The Morgan fingerprint density at radius 2 is 1.73 bits per heavy atom. The summed E-state index contributed by atoms with van der Waals surface area (Å²) in [6.45, 7) is 3.91. The van der Waals surface area contributed by atoms with Gasteiger partial charge in [0.1, 0.15) is 16.9 Å². The van der Waals surface area contributed by atoms with Crippen molar-refractivity contribution < 1.29 is 14.6 Å². The highest BCUT2D eigenvalue weighted by Gasteiger charge is 2.43. The van der Waals surface area contributed by atoms with E-state index in [0.29, 0.717) is 12.0 Å². The van der Waals surface area contributed by atoms with Gasteiger partial charge in [0.15, 0.2) is 0 Å². The summed E-state index contributed by atoms with van der Waals surface area (Å²) < 4.78 is 5.99. The molecule has 1 heterocycles. The van der Waals surface area contributed by atoms with Crippen molar-refractivity contribution in [2.45, 2.75) is 38.7 Å². The first-order chi connectivity index (χ1) is 12.6. The van der Waals surface area contributed by atoms with Crippen LogP contribution >= 0.6 is 0 Å². The fourth-order valence-corrected chi connectivity index (χ4v) is 3.67. The molecule has 0 bridgehead atoms. The second-order valence-electron chi connectivity index (χ2n) is 6.57. The fourth-order valence-electron chi connectivity index (χ4n) is 3.67. The van der Waals surface area contributed by atoms with Crippen molar-refractivity contribution in [1.29, 1.82) is 0 Å². The highest BCUT2D eigenvalue weighted by Crippen LogP contribution is 2.43. The van der Waals surface area contributed by atoms with E-state index >= 15 is 0 Å². The summed E-state index contributed by atoms with van der Waals surface area (Å²) in [5.41, 5.74) is 1.96. The number of benzene rings is 2. The second-order valence-corrected chi connectivity index (χ2v) is 6.57. The van der Waals surface area contributed by atoms with Crippen molar-refractivity contribution in [3.63, 3.8) is 0 Å². The molecule has 0 saturated heterocycles. The molecular weight excluding hydrogens is 324 g/mol. The first-order valence-electron chi connectivity index (χ1n) is 9.04. The molecule has 3 heteroatoms. The molecule has 0 amide bonds. The summed E-state index contributed by atoms with van der Waals surface area (Å²) in [5.74, 6) is -0.376. The van der Waals surface area contributed by atoms with Gasteiger partial charge >= 0.3 is 5.97 Å². The van der Waals surface area contributed by atoms with Crippen LogP contribution in [0.3, 0.4) is 0 Å². The number of esters is 1. The van der Waals surface area contributed by atoms with E-state index in [-0.39, 0.29) is 17.8 Å². The molecule has 134 valence electrons. The van der Waals surface area contributed by atoms with Crippen molar-refractivity contribution in [2.24, 2.45) is 0 Å². The molecule has 1 atom stereocenters. The third kappa shape index (κ3) is 3.30. The van der Waals surface area contributed by atoms with Gasteiger partial charge in [-0.2, -0.15) is 0 Å². The third-order valence-electron chi connectivity index (χ3n) is 4.83. The maximum Gasteiger partial charge on any atom is 0.343 e. The van der Waals surface area contributed by atoms with E-state index < -0.39 is 11.6 Å². The first kappa shape index (κ1) is 18.0. The number of hydrogen-bond donors (Lipinski definition) is 1. The lowest BCUT2D eigenvalue weighted by Gasteiger charge is -2.38. The van der Waals surface area contributed by atoms with Gasteiger partial charge < -0.3 is 9.84 Å². The zero-order valence-electron chi connectivity index (χ0n) is 15.2. The van der Waals surface area contributed by atoms with Crippen molar-refractivity contribution in [3.05, 3.63) is 89.2 Å². The molecular formula is C23H24O3. The van der Waals surface area contributed by atoms with Crippen LogP contribution in [-0.4, -0.2) is 11.1 Å². The van der Waals surface area contributed by atoms with E-state index in [4.69, 9.17) is 4.74 Å². The number of ether oxygens (including phenoxy) is 1. The van der Waals surface area contributed by atoms with E-state index in [2.05, 4.69) is 6.92 Å². The Bertz CT molecular complexity index is 834. The van der Waals surface area contributed by atoms with E-state index in [1.165, 1.54) is 0 Å². The Balaban J connectivity index is 2.06. The first-order valence-corrected chi connectivity index (χ1v) is 9.04.